The summed E-state index contributed by atoms with van der Waals surface area (Å²) >= 11 is 0. The molecule has 10 heteroatoms. The van der Waals surface area contributed by atoms with Crippen LogP contribution in [0.25, 0.3) is 0 Å². The summed E-state index contributed by atoms with van der Waals surface area (Å²) in [5, 5.41) is 28.3. The molecule has 1 aromatic rings. The Labute approximate surface area is 307 Å². The van der Waals surface area contributed by atoms with Crippen molar-refractivity contribution < 1.29 is 19.4 Å². The van der Waals surface area contributed by atoms with Crippen LogP contribution >= 0.6 is 0 Å². The topological polar surface area (TPSA) is 137 Å². The summed E-state index contributed by atoms with van der Waals surface area (Å²) in [5.74, 6) is 0.767. The molecule has 3 saturated carbocycles. The Bertz CT molecular complexity index is 1480. The number of unbranched alkanes of at least 4 members (excludes halogenated alkanes) is 1. The lowest BCUT2D eigenvalue weighted by molar-refractivity contribution is -0.256. The van der Waals surface area contributed by atoms with Crippen molar-refractivity contribution in [2.75, 3.05) is 32.1 Å². The summed E-state index contributed by atoms with van der Waals surface area (Å²) in [7, 11) is 0. The van der Waals surface area contributed by atoms with E-state index in [1.54, 1.807) is 4.80 Å². The number of nitrogens with one attached hydrogen (secondary N) is 1. The van der Waals surface area contributed by atoms with Gasteiger partial charge in [-0.3, -0.25) is 4.79 Å². The molecule has 0 spiro atoms. The fourth-order valence-electron chi connectivity index (χ4n) is 12.7. The van der Waals surface area contributed by atoms with E-state index in [0.717, 1.165) is 57.9 Å². The molecule has 1 aromatic heterocycles. The van der Waals surface area contributed by atoms with Gasteiger partial charge in [0.2, 0.25) is 0 Å². The molecule has 4 fully saturated rings. The zero-order chi connectivity index (χ0) is 37.4. The van der Waals surface area contributed by atoms with Crippen molar-refractivity contribution in [3.63, 3.8) is 0 Å². The molecule has 0 amide bonds. The number of aromatic nitrogens is 4. The van der Waals surface area contributed by atoms with Crippen LogP contribution in [0.15, 0.2) is 11.6 Å². The zero-order valence-electron chi connectivity index (χ0n) is 33.7. The van der Waals surface area contributed by atoms with Crippen LogP contribution in [0.3, 0.4) is 0 Å². The van der Waals surface area contributed by atoms with Gasteiger partial charge in [-0.05, 0) is 115 Å². The van der Waals surface area contributed by atoms with Gasteiger partial charge >= 0.3 is 5.97 Å². The number of carbonyl (C=O) groups is 1. The first-order valence-electron chi connectivity index (χ1n) is 20.3. The molecule has 2 heterocycles. The molecule has 0 unspecified atom stereocenters. The largest absolute Gasteiger partial charge is 0.481 e. The Morgan fingerprint density at radius 2 is 1.86 bits per heavy atom. The summed E-state index contributed by atoms with van der Waals surface area (Å²) in [4.78, 5) is 15.3. The quantitative estimate of drug-likeness (QED) is 0.148. The standard InChI is InChI=1S/C41H70N6O4/c1-12-13-20-43-40(11,26(4)5)23-51-33-30(47-45-35(42)44-46-47)21-36(7)22-50-24-41(33)29-16-17-39(10)32(34(48)49)37(8,27(6)25(2)3)18-19-38(39,9)28(29)14-15-31(36)41/h16,25-28,30-33,43H,12-15,17-24H2,1-11H3,(H2,42,45)(H,48,49)/t27-,28+,30-,31-,32-,33+,36-,37-,38-,39+,40+,41+/m1/s1. The maximum Gasteiger partial charge on any atom is 0.307 e. The van der Waals surface area contributed by atoms with Crippen LogP contribution in [0, 0.1) is 62.6 Å². The first-order valence-corrected chi connectivity index (χ1v) is 20.3. The first kappa shape index (κ1) is 38.7. The molecule has 6 rings (SSSR count). The van der Waals surface area contributed by atoms with Gasteiger partial charge < -0.3 is 25.6 Å². The SMILES string of the molecule is CCCCN[C@@](C)(CO[C@H]1[C@H](n2nnc(N)n2)C[C@]2(C)COC[C@@]13C1=CC[C@@]4(C)[C@H](C(=O)O)[C@@](C)([C@H](C)C(C)C)CC[C@]4(C)[C@H]1CC[C@H]23)C(C)C. The number of hydrogen-bond acceptors (Lipinski definition) is 8. The molecule has 288 valence electrons. The molecule has 10 nitrogen and oxygen atoms in total. The van der Waals surface area contributed by atoms with E-state index in [1.165, 1.54) is 5.57 Å². The highest BCUT2D eigenvalue weighted by Gasteiger charge is 2.73. The third kappa shape index (κ3) is 5.73. The Kier molecular flexibility index (Phi) is 10.1. The highest BCUT2D eigenvalue weighted by atomic mass is 16.5. The van der Waals surface area contributed by atoms with Crippen LogP contribution in [0.1, 0.15) is 134 Å². The molecule has 4 N–H and O–H groups in total. The van der Waals surface area contributed by atoms with Crippen molar-refractivity contribution in [2.45, 2.75) is 145 Å². The predicted molar refractivity (Wildman–Crippen MR) is 201 cm³/mol. The maximum absolute atomic E-state index is 13.6. The number of rotatable bonds is 12. The Morgan fingerprint density at radius 1 is 1.14 bits per heavy atom. The number of aliphatic carboxylic acids is 1. The molecule has 0 radical (unpaired) electrons. The summed E-state index contributed by atoms with van der Waals surface area (Å²) in [6.45, 7) is 28.1. The van der Waals surface area contributed by atoms with Crippen molar-refractivity contribution >= 4 is 11.9 Å². The number of tetrazole rings is 1. The number of carboxylic acids is 1. The zero-order valence-corrected chi connectivity index (χ0v) is 33.7. The minimum absolute atomic E-state index is 0.110. The van der Waals surface area contributed by atoms with E-state index in [1.807, 2.05) is 0 Å². The lowest BCUT2D eigenvalue weighted by Gasteiger charge is -2.71. The molecule has 4 aliphatic carbocycles. The summed E-state index contributed by atoms with van der Waals surface area (Å²) in [6.07, 6.45) is 10.1. The van der Waals surface area contributed by atoms with Gasteiger partial charge in [0, 0.05) is 11.0 Å². The molecule has 5 aliphatic rings. The van der Waals surface area contributed by atoms with E-state index in [-0.39, 0.29) is 45.8 Å². The number of nitrogens with two attached hydrogens (primary N) is 1. The second-order valence-electron chi connectivity index (χ2n) is 19.7. The monoisotopic (exact) mass is 711 g/mol. The van der Waals surface area contributed by atoms with Crippen LogP contribution in [-0.2, 0) is 14.3 Å². The van der Waals surface area contributed by atoms with E-state index in [9.17, 15) is 9.90 Å². The van der Waals surface area contributed by atoms with E-state index < -0.39 is 22.7 Å². The number of anilines is 1. The third-order valence-corrected chi connectivity index (χ3v) is 16.6. The van der Waals surface area contributed by atoms with Crippen LogP contribution in [0.5, 0.6) is 0 Å². The molecule has 1 aliphatic heterocycles. The molecule has 1 saturated heterocycles. The van der Waals surface area contributed by atoms with Crippen molar-refractivity contribution in [2.24, 2.45) is 62.6 Å². The normalized spacial score (nSPS) is 42.4. The lowest BCUT2D eigenvalue weighted by atomic mass is 9.34. The van der Waals surface area contributed by atoms with Gasteiger partial charge in [0.1, 0.15) is 6.04 Å². The van der Waals surface area contributed by atoms with Crippen molar-refractivity contribution in [1.29, 1.82) is 0 Å². The van der Waals surface area contributed by atoms with Crippen molar-refractivity contribution in [1.82, 2.24) is 25.5 Å². The van der Waals surface area contributed by atoms with E-state index in [0.29, 0.717) is 43.5 Å². The van der Waals surface area contributed by atoms with Crippen LogP contribution in [-0.4, -0.2) is 69.3 Å². The van der Waals surface area contributed by atoms with Crippen LogP contribution in [0.2, 0.25) is 0 Å². The molecule has 12 atom stereocenters. The summed E-state index contributed by atoms with van der Waals surface area (Å²) in [5.41, 5.74) is 5.97. The van der Waals surface area contributed by atoms with Gasteiger partial charge in [0.05, 0.1) is 31.8 Å². The van der Waals surface area contributed by atoms with E-state index >= 15 is 0 Å². The van der Waals surface area contributed by atoms with Crippen molar-refractivity contribution in [3.05, 3.63) is 11.6 Å². The van der Waals surface area contributed by atoms with Gasteiger partial charge in [-0.1, -0.05) is 92.4 Å². The highest BCUT2D eigenvalue weighted by molar-refractivity contribution is 5.73. The highest BCUT2D eigenvalue weighted by Crippen LogP contribution is 2.75. The van der Waals surface area contributed by atoms with Gasteiger partial charge in [-0.2, -0.15) is 4.80 Å². The maximum atomic E-state index is 13.6. The number of hydrogen-bond donors (Lipinski definition) is 3. The lowest BCUT2D eigenvalue weighted by Crippen LogP contribution is -2.70. The Morgan fingerprint density at radius 3 is 2.47 bits per heavy atom. The molecular weight excluding hydrogens is 640 g/mol. The fraction of sp³-hybridized carbons (Fsp3) is 0.902. The van der Waals surface area contributed by atoms with Gasteiger partial charge in [-0.25, -0.2) is 0 Å². The number of ether oxygens (including phenoxy) is 2. The Hall–Kier alpha value is -2.04. The second kappa shape index (κ2) is 13.4. The van der Waals surface area contributed by atoms with Gasteiger partial charge in [-0.15, -0.1) is 5.10 Å². The molecular formula is C41H70N6O4. The van der Waals surface area contributed by atoms with Gasteiger partial charge in [0.15, 0.2) is 0 Å². The summed E-state index contributed by atoms with van der Waals surface area (Å²) in [6, 6.07) is -0.166. The first-order chi connectivity index (χ1) is 23.8. The van der Waals surface area contributed by atoms with Crippen LogP contribution in [0.4, 0.5) is 5.95 Å². The van der Waals surface area contributed by atoms with Gasteiger partial charge in [0.25, 0.3) is 5.95 Å². The predicted octanol–water partition coefficient (Wildman–Crippen LogP) is 7.57. The number of allylic oxidation sites excluding steroid dienone is 1. The Balaban J connectivity index is 1.49. The number of nitrogen functional groups attached to an aromatic ring is 1. The minimum Gasteiger partial charge on any atom is -0.481 e. The fourth-order valence-corrected chi connectivity index (χ4v) is 12.7. The second-order valence-corrected chi connectivity index (χ2v) is 19.7. The smallest absolute Gasteiger partial charge is 0.307 e. The number of carboxylic acid groups (broad SMARTS) is 1. The number of nitrogens with zero attached hydrogens (tertiary/aromatic N) is 4. The minimum atomic E-state index is -0.631. The molecule has 51 heavy (non-hydrogen) atoms. The van der Waals surface area contributed by atoms with Crippen molar-refractivity contribution in [3.8, 4) is 0 Å². The van der Waals surface area contributed by atoms with E-state index in [4.69, 9.17) is 15.2 Å². The molecule has 2 bridgehead atoms. The molecule has 0 aromatic carbocycles. The average Bonchev–Trinajstić information content (AvgIpc) is 3.49. The number of fused-ring (bicyclic) bond motifs is 3. The van der Waals surface area contributed by atoms with Crippen LogP contribution < -0.4 is 11.1 Å². The average molecular weight is 711 g/mol. The van der Waals surface area contributed by atoms with E-state index in [2.05, 4.69) is 103 Å². The summed E-state index contributed by atoms with van der Waals surface area (Å²) < 4.78 is 14.2. The third-order valence-electron chi connectivity index (χ3n) is 16.6.